The summed E-state index contributed by atoms with van der Waals surface area (Å²) in [4.78, 5) is 4.74. The fraction of sp³-hybridized carbons (Fsp3) is 0.478. The van der Waals surface area contributed by atoms with Gasteiger partial charge in [0.1, 0.15) is 0 Å². The van der Waals surface area contributed by atoms with Crippen molar-refractivity contribution in [2.24, 2.45) is 0 Å². The molecule has 0 aromatic heterocycles. The zero-order chi connectivity index (χ0) is 21.9. The Labute approximate surface area is 180 Å². The zero-order valence-corrected chi connectivity index (χ0v) is 19.4. The van der Waals surface area contributed by atoms with Crippen molar-refractivity contribution in [3.8, 4) is 0 Å². The number of sulfonamides is 1. The average molecular weight is 432 g/mol. The molecule has 0 aliphatic carbocycles. The Balaban J connectivity index is 1.86. The van der Waals surface area contributed by atoms with E-state index in [1.165, 1.54) is 0 Å². The number of aryl methyl sites for hydroxylation is 3. The quantitative estimate of drug-likeness (QED) is 0.730. The van der Waals surface area contributed by atoms with Gasteiger partial charge in [0.2, 0.25) is 10.0 Å². The predicted molar refractivity (Wildman–Crippen MR) is 122 cm³/mol. The maximum absolute atomic E-state index is 13.2. The number of ether oxygens (including phenoxy) is 1. The second kappa shape index (κ2) is 9.47. The van der Waals surface area contributed by atoms with E-state index in [9.17, 15) is 8.42 Å². The van der Waals surface area contributed by atoms with Gasteiger partial charge in [0.15, 0.2) is 0 Å². The van der Waals surface area contributed by atoms with Crippen LogP contribution in [-0.4, -0.2) is 60.3 Å². The van der Waals surface area contributed by atoms with Crippen molar-refractivity contribution < 1.29 is 13.2 Å². The third-order valence-corrected chi connectivity index (χ3v) is 7.35. The Morgan fingerprint density at radius 1 is 1.03 bits per heavy atom. The Bertz CT molecular complexity index is 943. The molecule has 0 radical (unpaired) electrons. The van der Waals surface area contributed by atoms with Crippen LogP contribution in [0.15, 0.2) is 41.3 Å². The van der Waals surface area contributed by atoms with Crippen LogP contribution in [0.4, 0.5) is 5.69 Å². The van der Waals surface area contributed by atoms with Gasteiger partial charge in [0, 0.05) is 45.5 Å². The van der Waals surface area contributed by atoms with Crippen LogP contribution in [0.1, 0.15) is 28.3 Å². The molecule has 0 saturated carbocycles. The monoisotopic (exact) mass is 431 g/mol. The number of benzene rings is 2. The molecule has 2 aromatic carbocycles. The summed E-state index contributed by atoms with van der Waals surface area (Å²) in [5.74, 6) is 0. The third kappa shape index (κ3) is 5.21. The number of nitrogens with one attached hydrogen (secondary N) is 1. The molecule has 0 amide bonds. The zero-order valence-electron chi connectivity index (χ0n) is 18.6. The normalized spacial score (nSPS) is 16.4. The summed E-state index contributed by atoms with van der Waals surface area (Å²) >= 11 is 0. The van der Waals surface area contributed by atoms with Gasteiger partial charge in [-0.1, -0.05) is 29.8 Å². The van der Waals surface area contributed by atoms with Crippen LogP contribution >= 0.6 is 0 Å². The van der Waals surface area contributed by atoms with E-state index >= 15 is 0 Å². The van der Waals surface area contributed by atoms with Gasteiger partial charge in [-0.2, -0.15) is 0 Å². The lowest BCUT2D eigenvalue weighted by atomic mass is 10.0. The maximum atomic E-state index is 13.2. The molecule has 30 heavy (non-hydrogen) atoms. The Hall–Kier alpha value is -1.93. The van der Waals surface area contributed by atoms with Gasteiger partial charge in [-0.05, 0) is 49.6 Å². The molecule has 1 atom stereocenters. The molecule has 1 aliphatic heterocycles. The molecule has 1 aliphatic rings. The highest BCUT2D eigenvalue weighted by Crippen LogP contribution is 2.26. The van der Waals surface area contributed by atoms with Crippen LogP contribution < -0.4 is 9.62 Å². The van der Waals surface area contributed by atoms with Crippen molar-refractivity contribution in [3.63, 3.8) is 0 Å². The van der Waals surface area contributed by atoms with Crippen LogP contribution in [0.5, 0.6) is 0 Å². The number of rotatable bonds is 7. The van der Waals surface area contributed by atoms with Gasteiger partial charge in [0.25, 0.3) is 0 Å². The van der Waals surface area contributed by atoms with Crippen LogP contribution in [0.2, 0.25) is 0 Å². The molecule has 7 heteroatoms. The van der Waals surface area contributed by atoms with Gasteiger partial charge in [0.05, 0.1) is 18.1 Å². The van der Waals surface area contributed by atoms with Gasteiger partial charge >= 0.3 is 0 Å². The highest BCUT2D eigenvalue weighted by molar-refractivity contribution is 7.89. The Morgan fingerprint density at radius 3 is 2.13 bits per heavy atom. The summed E-state index contributed by atoms with van der Waals surface area (Å²) in [6, 6.07) is 12.1. The summed E-state index contributed by atoms with van der Waals surface area (Å²) in [6.07, 6.45) is 0. The number of nitrogens with zero attached hydrogens (tertiary/aromatic N) is 2. The highest BCUT2D eigenvalue weighted by atomic mass is 32.2. The summed E-state index contributed by atoms with van der Waals surface area (Å²) in [5.41, 5.74) is 4.83. The minimum absolute atomic E-state index is 0.0500. The molecule has 1 N–H and O–H groups in total. The summed E-state index contributed by atoms with van der Waals surface area (Å²) in [6.45, 7) is 8.90. The lowest BCUT2D eigenvalue weighted by Gasteiger charge is -2.35. The summed E-state index contributed by atoms with van der Waals surface area (Å²) in [7, 11) is 0.400. The van der Waals surface area contributed by atoms with Crippen molar-refractivity contribution in [1.82, 2.24) is 9.62 Å². The average Bonchev–Trinajstić information content (AvgIpc) is 2.68. The van der Waals surface area contributed by atoms with Crippen molar-refractivity contribution in [2.45, 2.75) is 31.7 Å². The fourth-order valence-corrected chi connectivity index (χ4v) is 5.68. The smallest absolute Gasteiger partial charge is 0.241 e. The van der Waals surface area contributed by atoms with E-state index in [0.29, 0.717) is 24.7 Å². The van der Waals surface area contributed by atoms with Crippen molar-refractivity contribution in [3.05, 3.63) is 58.7 Å². The van der Waals surface area contributed by atoms with Gasteiger partial charge in [-0.15, -0.1) is 0 Å². The van der Waals surface area contributed by atoms with Gasteiger partial charge < -0.3 is 9.64 Å². The number of morpholine rings is 1. The minimum Gasteiger partial charge on any atom is -0.379 e. The molecule has 2 aromatic rings. The van der Waals surface area contributed by atoms with Crippen LogP contribution in [0.25, 0.3) is 0 Å². The first-order valence-electron chi connectivity index (χ1n) is 10.4. The first-order chi connectivity index (χ1) is 14.2. The first-order valence-corrected chi connectivity index (χ1v) is 11.8. The minimum atomic E-state index is -3.62. The highest BCUT2D eigenvalue weighted by Gasteiger charge is 2.26. The molecule has 0 unspecified atom stereocenters. The Kier molecular flexibility index (Phi) is 7.18. The number of hydrogen-bond donors (Lipinski definition) is 1. The molecule has 3 rings (SSSR count). The second-order valence-corrected chi connectivity index (χ2v) is 9.93. The molecular formula is C23H33N3O3S. The van der Waals surface area contributed by atoms with E-state index in [1.54, 1.807) is 0 Å². The molecule has 1 heterocycles. The maximum Gasteiger partial charge on any atom is 0.241 e. The van der Waals surface area contributed by atoms with Crippen LogP contribution in [0, 0.1) is 20.8 Å². The van der Waals surface area contributed by atoms with Crippen molar-refractivity contribution >= 4 is 15.7 Å². The molecule has 164 valence electrons. The SMILES string of the molecule is Cc1cc(C)c(S(=O)(=O)NC[C@H](c2ccc(N(C)C)cc2)N2CCOCC2)c(C)c1. The summed E-state index contributed by atoms with van der Waals surface area (Å²) < 4.78 is 34.8. The predicted octanol–water partition coefficient (Wildman–Crippen LogP) is 3.03. The molecule has 1 fully saturated rings. The molecule has 6 nitrogen and oxygen atoms in total. The molecule has 0 bridgehead atoms. The largest absolute Gasteiger partial charge is 0.379 e. The molecular weight excluding hydrogens is 398 g/mol. The fourth-order valence-electron chi connectivity index (χ4n) is 4.19. The number of anilines is 1. The molecule has 0 spiro atoms. The Morgan fingerprint density at radius 2 is 1.60 bits per heavy atom. The first kappa shape index (κ1) is 22.7. The third-order valence-electron chi connectivity index (χ3n) is 5.62. The topological polar surface area (TPSA) is 61.9 Å². The number of hydrogen-bond acceptors (Lipinski definition) is 5. The van der Waals surface area contributed by atoms with Gasteiger partial charge in [-0.25, -0.2) is 13.1 Å². The lowest BCUT2D eigenvalue weighted by Crippen LogP contribution is -2.44. The van der Waals surface area contributed by atoms with Gasteiger partial charge in [-0.3, -0.25) is 4.90 Å². The standard InChI is InChI=1S/C23H33N3O3S/c1-17-14-18(2)23(19(3)15-17)30(27,28)24-16-22(26-10-12-29-13-11-26)20-6-8-21(9-7-20)25(4)5/h6-9,14-15,22,24H,10-13,16H2,1-5H3/t22-/m1/s1. The van der Waals surface area contributed by atoms with E-state index in [-0.39, 0.29) is 6.04 Å². The van der Waals surface area contributed by atoms with E-state index in [2.05, 4.69) is 38.8 Å². The van der Waals surface area contributed by atoms with E-state index in [1.807, 2.05) is 47.0 Å². The molecule has 1 saturated heterocycles. The van der Waals surface area contributed by atoms with Crippen LogP contribution in [-0.2, 0) is 14.8 Å². The van der Waals surface area contributed by atoms with E-state index < -0.39 is 10.0 Å². The van der Waals surface area contributed by atoms with Crippen LogP contribution in [0.3, 0.4) is 0 Å². The summed E-state index contributed by atoms with van der Waals surface area (Å²) in [5, 5.41) is 0. The second-order valence-electron chi connectivity index (χ2n) is 8.23. The van der Waals surface area contributed by atoms with Crippen molar-refractivity contribution in [1.29, 1.82) is 0 Å². The lowest BCUT2D eigenvalue weighted by molar-refractivity contribution is 0.0172. The van der Waals surface area contributed by atoms with Crippen molar-refractivity contribution in [2.75, 3.05) is 51.8 Å². The van der Waals surface area contributed by atoms with E-state index in [0.717, 1.165) is 41.0 Å². The van der Waals surface area contributed by atoms with E-state index in [4.69, 9.17) is 4.74 Å².